The molecule has 1 amide bonds. The number of ether oxygens (including phenoxy) is 3. The van der Waals surface area contributed by atoms with Crippen molar-refractivity contribution < 1.29 is 23.8 Å². The third kappa shape index (κ3) is 7.57. The topological polar surface area (TPSA) is 86.2 Å². The maximum Gasteiger partial charge on any atom is 0.428 e. The lowest BCUT2D eigenvalue weighted by Gasteiger charge is -2.18. The van der Waals surface area contributed by atoms with Crippen LogP contribution in [0.3, 0.4) is 0 Å². The summed E-state index contributed by atoms with van der Waals surface area (Å²) in [4.78, 5) is 24.0. The van der Waals surface area contributed by atoms with Gasteiger partial charge < -0.3 is 14.2 Å². The number of carbonyl (C=O) groups is 2. The van der Waals surface area contributed by atoms with Crippen LogP contribution in [0.1, 0.15) is 43.6 Å². The second kappa shape index (κ2) is 10.1. The Morgan fingerprint density at radius 1 is 1.10 bits per heavy atom. The minimum atomic E-state index is -0.654. The zero-order chi connectivity index (χ0) is 21.4. The van der Waals surface area contributed by atoms with Crippen molar-refractivity contribution in [3.05, 3.63) is 58.1 Å². The first kappa shape index (κ1) is 22.4. The van der Waals surface area contributed by atoms with Crippen LogP contribution in [0.4, 0.5) is 4.79 Å². The third-order valence-corrected chi connectivity index (χ3v) is 3.85. The van der Waals surface area contributed by atoms with Gasteiger partial charge in [-0.3, -0.25) is 0 Å². The molecule has 0 aliphatic carbocycles. The Morgan fingerprint density at radius 3 is 2.41 bits per heavy atom. The maximum absolute atomic E-state index is 12.3. The predicted molar refractivity (Wildman–Crippen MR) is 114 cm³/mol. The Balaban J connectivity index is 2.09. The summed E-state index contributed by atoms with van der Waals surface area (Å²) in [6.45, 7) is 7.50. The summed E-state index contributed by atoms with van der Waals surface area (Å²) in [7, 11) is 0. The Bertz CT molecular complexity index is 889. The van der Waals surface area contributed by atoms with E-state index >= 15 is 0 Å². The van der Waals surface area contributed by atoms with Crippen molar-refractivity contribution in [3.63, 3.8) is 0 Å². The first-order valence-electron chi connectivity index (χ1n) is 8.94. The number of carbonyl (C=O) groups excluding carboxylic acids is 2. The maximum atomic E-state index is 12.3. The summed E-state index contributed by atoms with van der Waals surface area (Å²) in [6.07, 6.45) is 0.783. The van der Waals surface area contributed by atoms with E-state index in [1.165, 1.54) is 6.21 Å². The monoisotopic (exact) mass is 462 g/mol. The average molecular weight is 463 g/mol. The van der Waals surface area contributed by atoms with E-state index in [-0.39, 0.29) is 5.75 Å². The molecule has 0 heterocycles. The molecule has 0 aliphatic heterocycles. The molecule has 0 fully saturated rings. The van der Waals surface area contributed by atoms with Gasteiger partial charge in [-0.2, -0.15) is 5.10 Å². The summed E-state index contributed by atoms with van der Waals surface area (Å²) in [5, 5.41) is 3.86. The molecule has 0 bridgehead atoms. The quantitative estimate of drug-likeness (QED) is 0.284. The van der Waals surface area contributed by atoms with Gasteiger partial charge >= 0.3 is 12.1 Å². The number of benzene rings is 2. The summed E-state index contributed by atoms with van der Waals surface area (Å²) in [5.41, 5.74) is 2.75. The lowest BCUT2D eigenvalue weighted by Crippen LogP contribution is -2.29. The number of hydrazone groups is 1. The summed E-state index contributed by atoms with van der Waals surface area (Å²) in [5.74, 6) is 0.183. The molecule has 0 aromatic heterocycles. The third-order valence-electron chi connectivity index (χ3n) is 3.32. The van der Waals surface area contributed by atoms with Crippen LogP contribution in [0.5, 0.6) is 11.5 Å². The molecule has 0 saturated carbocycles. The molecule has 1 N–H and O–H groups in total. The molecular weight excluding hydrogens is 440 g/mol. The lowest BCUT2D eigenvalue weighted by atomic mass is 10.2. The highest BCUT2D eigenvalue weighted by molar-refractivity contribution is 9.10. The van der Waals surface area contributed by atoms with Crippen LogP contribution in [0.25, 0.3) is 0 Å². The van der Waals surface area contributed by atoms with Gasteiger partial charge in [0.2, 0.25) is 0 Å². The minimum Gasteiger partial charge on any atom is -0.490 e. The van der Waals surface area contributed by atoms with Crippen LogP contribution in [-0.4, -0.2) is 30.5 Å². The van der Waals surface area contributed by atoms with E-state index in [0.29, 0.717) is 23.5 Å². The molecule has 8 heteroatoms. The van der Waals surface area contributed by atoms with Crippen LogP contribution in [0, 0.1) is 0 Å². The summed E-state index contributed by atoms with van der Waals surface area (Å²) < 4.78 is 17.0. The minimum absolute atomic E-state index is 0.289. The number of hydrogen-bond donors (Lipinski definition) is 1. The number of amides is 1. The van der Waals surface area contributed by atoms with Crippen LogP contribution in [0.15, 0.2) is 52.0 Å². The second-order valence-electron chi connectivity index (χ2n) is 6.91. The standard InChI is InChI=1S/C21H23BrN2O5/c1-5-27-18-12-14(13-23-24-20(26)29-21(2,3)4)6-11-17(18)28-19(25)15-7-9-16(22)10-8-15/h6-13H,5H2,1-4H3,(H,24,26)/b23-13+. The molecule has 2 aromatic rings. The van der Waals surface area contributed by atoms with E-state index in [4.69, 9.17) is 14.2 Å². The van der Waals surface area contributed by atoms with Crippen molar-refractivity contribution in [1.82, 2.24) is 5.43 Å². The zero-order valence-electron chi connectivity index (χ0n) is 16.7. The van der Waals surface area contributed by atoms with E-state index in [1.54, 1.807) is 63.2 Å². The Kier molecular flexibility index (Phi) is 7.78. The van der Waals surface area contributed by atoms with Gasteiger partial charge in [0.15, 0.2) is 11.5 Å². The molecular formula is C21H23BrN2O5. The molecule has 7 nitrogen and oxygen atoms in total. The van der Waals surface area contributed by atoms with E-state index in [2.05, 4.69) is 26.5 Å². The molecule has 0 atom stereocenters. The number of halogens is 1. The van der Waals surface area contributed by atoms with E-state index in [9.17, 15) is 9.59 Å². The van der Waals surface area contributed by atoms with Crippen LogP contribution in [-0.2, 0) is 4.74 Å². The van der Waals surface area contributed by atoms with Crippen molar-refractivity contribution in [2.45, 2.75) is 33.3 Å². The first-order chi connectivity index (χ1) is 13.7. The Morgan fingerprint density at radius 2 is 1.79 bits per heavy atom. The van der Waals surface area contributed by atoms with Gasteiger partial charge in [-0.25, -0.2) is 15.0 Å². The van der Waals surface area contributed by atoms with Crippen molar-refractivity contribution in [2.24, 2.45) is 5.10 Å². The van der Waals surface area contributed by atoms with Crippen molar-refractivity contribution in [2.75, 3.05) is 6.61 Å². The van der Waals surface area contributed by atoms with Gasteiger partial charge in [-0.05, 0) is 75.7 Å². The molecule has 29 heavy (non-hydrogen) atoms. The fraction of sp³-hybridized carbons (Fsp3) is 0.286. The van der Waals surface area contributed by atoms with Crippen LogP contribution >= 0.6 is 15.9 Å². The van der Waals surface area contributed by atoms with Gasteiger partial charge in [-0.15, -0.1) is 0 Å². The summed E-state index contributed by atoms with van der Waals surface area (Å²) >= 11 is 3.33. The molecule has 0 saturated heterocycles. The van der Waals surface area contributed by atoms with Gasteiger partial charge in [0.1, 0.15) is 5.60 Å². The number of nitrogens with zero attached hydrogens (tertiary/aromatic N) is 1. The largest absolute Gasteiger partial charge is 0.490 e. The average Bonchev–Trinajstić information content (AvgIpc) is 2.63. The highest BCUT2D eigenvalue weighted by Crippen LogP contribution is 2.29. The zero-order valence-corrected chi connectivity index (χ0v) is 18.3. The van der Waals surface area contributed by atoms with Gasteiger partial charge in [0, 0.05) is 4.47 Å². The van der Waals surface area contributed by atoms with Gasteiger partial charge in [0.25, 0.3) is 0 Å². The highest BCUT2D eigenvalue weighted by atomic mass is 79.9. The highest BCUT2D eigenvalue weighted by Gasteiger charge is 2.16. The van der Waals surface area contributed by atoms with Gasteiger partial charge in [0.05, 0.1) is 18.4 Å². The number of rotatable bonds is 6. The fourth-order valence-electron chi connectivity index (χ4n) is 2.16. The number of esters is 1. The lowest BCUT2D eigenvalue weighted by molar-refractivity contribution is 0.0529. The fourth-order valence-corrected chi connectivity index (χ4v) is 2.43. The molecule has 2 rings (SSSR count). The molecule has 0 radical (unpaired) electrons. The SMILES string of the molecule is CCOc1cc(/C=N/NC(=O)OC(C)(C)C)ccc1OC(=O)c1ccc(Br)cc1. The van der Waals surface area contributed by atoms with Crippen LogP contribution < -0.4 is 14.9 Å². The predicted octanol–water partition coefficient (Wildman–Crippen LogP) is 4.93. The van der Waals surface area contributed by atoms with Gasteiger partial charge in [-0.1, -0.05) is 15.9 Å². The first-order valence-corrected chi connectivity index (χ1v) is 9.74. The molecule has 154 valence electrons. The number of hydrogen-bond acceptors (Lipinski definition) is 6. The number of nitrogens with one attached hydrogen (secondary N) is 1. The summed E-state index contributed by atoms with van der Waals surface area (Å²) in [6, 6.07) is 11.8. The Labute approximate surface area is 178 Å². The molecule has 2 aromatic carbocycles. The van der Waals surface area contributed by atoms with Crippen molar-refractivity contribution in [1.29, 1.82) is 0 Å². The smallest absolute Gasteiger partial charge is 0.428 e. The normalized spacial score (nSPS) is 11.2. The molecule has 0 unspecified atom stereocenters. The van der Waals surface area contributed by atoms with E-state index in [0.717, 1.165) is 4.47 Å². The molecule has 0 spiro atoms. The van der Waals surface area contributed by atoms with Crippen LogP contribution in [0.2, 0.25) is 0 Å². The van der Waals surface area contributed by atoms with Crippen molar-refractivity contribution >= 4 is 34.2 Å². The molecule has 0 aliphatic rings. The van der Waals surface area contributed by atoms with Crippen molar-refractivity contribution in [3.8, 4) is 11.5 Å². The van der Waals surface area contributed by atoms with E-state index < -0.39 is 17.7 Å². The Hall–Kier alpha value is -2.87. The van der Waals surface area contributed by atoms with E-state index in [1.807, 2.05) is 6.92 Å². The second-order valence-corrected chi connectivity index (χ2v) is 7.82.